The summed E-state index contributed by atoms with van der Waals surface area (Å²) in [6.45, 7) is 3.95. The molecular formula is C11H20ClNO2. The lowest BCUT2D eigenvalue weighted by molar-refractivity contribution is -0.129. The Balaban J connectivity index is 2.22. The summed E-state index contributed by atoms with van der Waals surface area (Å²) >= 11 is 5.53. The summed E-state index contributed by atoms with van der Waals surface area (Å²) in [7, 11) is 0. The molecule has 0 saturated heterocycles. The van der Waals surface area contributed by atoms with E-state index in [9.17, 15) is 9.90 Å². The van der Waals surface area contributed by atoms with Crippen molar-refractivity contribution in [3.05, 3.63) is 0 Å². The molecule has 0 aromatic rings. The second-order valence-corrected chi connectivity index (χ2v) is 5.22. The molecule has 3 nitrogen and oxygen atoms in total. The molecule has 2 N–H and O–H groups in total. The van der Waals surface area contributed by atoms with E-state index in [0.29, 0.717) is 18.7 Å². The molecule has 0 spiro atoms. The lowest BCUT2D eigenvalue weighted by atomic mass is 9.64. The summed E-state index contributed by atoms with van der Waals surface area (Å²) in [5.74, 6) is 0.686. The van der Waals surface area contributed by atoms with Gasteiger partial charge in [0.2, 0.25) is 5.91 Å². The Hall–Kier alpha value is -0.280. The number of hydrogen-bond donors (Lipinski definition) is 2. The van der Waals surface area contributed by atoms with Crippen molar-refractivity contribution in [1.82, 2.24) is 5.32 Å². The first-order valence-corrected chi connectivity index (χ1v) is 6.05. The largest absolute Gasteiger partial charge is 0.392 e. The maximum atomic E-state index is 11.5. The van der Waals surface area contributed by atoms with Crippen LogP contribution in [0.2, 0.25) is 0 Å². The lowest BCUT2D eigenvalue weighted by Gasteiger charge is -2.49. The van der Waals surface area contributed by atoms with Crippen LogP contribution < -0.4 is 5.32 Å². The van der Waals surface area contributed by atoms with Crippen molar-refractivity contribution in [2.45, 2.75) is 51.7 Å². The van der Waals surface area contributed by atoms with Crippen molar-refractivity contribution in [3.8, 4) is 0 Å². The molecule has 1 saturated carbocycles. The molecule has 0 aliphatic heterocycles. The number of unbranched alkanes of at least 4 members (excludes halogenated alkanes) is 1. The molecule has 0 aromatic heterocycles. The van der Waals surface area contributed by atoms with Gasteiger partial charge in [-0.05, 0) is 19.3 Å². The van der Waals surface area contributed by atoms with Crippen molar-refractivity contribution < 1.29 is 9.90 Å². The number of carbonyl (C=O) groups is 1. The molecule has 1 aliphatic rings. The summed E-state index contributed by atoms with van der Waals surface area (Å²) in [6.07, 6.45) is 2.64. The fourth-order valence-corrected chi connectivity index (χ4v) is 1.98. The van der Waals surface area contributed by atoms with Gasteiger partial charge in [0.1, 0.15) is 0 Å². The van der Waals surface area contributed by atoms with E-state index in [0.717, 1.165) is 12.8 Å². The Kier molecular flexibility index (Phi) is 4.41. The van der Waals surface area contributed by atoms with Gasteiger partial charge in [0.15, 0.2) is 0 Å². The van der Waals surface area contributed by atoms with E-state index in [4.69, 9.17) is 11.6 Å². The van der Waals surface area contributed by atoms with E-state index in [1.165, 1.54) is 0 Å². The van der Waals surface area contributed by atoms with E-state index < -0.39 is 0 Å². The number of halogens is 1. The van der Waals surface area contributed by atoms with E-state index in [-0.39, 0.29) is 23.5 Å². The van der Waals surface area contributed by atoms with Gasteiger partial charge in [0.25, 0.3) is 0 Å². The van der Waals surface area contributed by atoms with Gasteiger partial charge in [-0.25, -0.2) is 0 Å². The van der Waals surface area contributed by atoms with Crippen LogP contribution in [-0.2, 0) is 4.79 Å². The van der Waals surface area contributed by atoms with Crippen molar-refractivity contribution in [2.75, 3.05) is 5.88 Å². The number of nitrogens with one attached hydrogen (secondary N) is 1. The second kappa shape index (κ2) is 5.17. The SMILES string of the molecule is CC1(C)C(O)CC1NC(=O)CCCCCl. The summed E-state index contributed by atoms with van der Waals surface area (Å²) in [5, 5.41) is 12.5. The van der Waals surface area contributed by atoms with Crippen molar-refractivity contribution in [2.24, 2.45) is 5.41 Å². The molecule has 88 valence electrons. The summed E-state index contributed by atoms with van der Waals surface area (Å²) in [4.78, 5) is 11.5. The normalized spacial score (nSPS) is 28.3. The van der Waals surface area contributed by atoms with Gasteiger partial charge in [-0.3, -0.25) is 4.79 Å². The minimum absolute atomic E-state index is 0.0742. The molecule has 4 heteroatoms. The smallest absolute Gasteiger partial charge is 0.220 e. The number of amides is 1. The predicted molar refractivity (Wildman–Crippen MR) is 60.9 cm³/mol. The van der Waals surface area contributed by atoms with Gasteiger partial charge in [0, 0.05) is 23.8 Å². The highest BCUT2D eigenvalue weighted by Crippen LogP contribution is 2.40. The van der Waals surface area contributed by atoms with Gasteiger partial charge in [-0.15, -0.1) is 11.6 Å². The van der Waals surface area contributed by atoms with Gasteiger partial charge >= 0.3 is 0 Å². The molecule has 15 heavy (non-hydrogen) atoms. The Bertz CT molecular complexity index is 231. The number of carbonyl (C=O) groups excluding carboxylic acids is 1. The minimum Gasteiger partial charge on any atom is -0.392 e. The highest BCUT2D eigenvalue weighted by Gasteiger charge is 2.47. The summed E-state index contributed by atoms with van der Waals surface area (Å²) < 4.78 is 0. The first-order valence-electron chi connectivity index (χ1n) is 5.52. The highest BCUT2D eigenvalue weighted by molar-refractivity contribution is 6.17. The maximum Gasteiger partial charge on any atom is 0.220 e. The number of aliphatic hydroxyl groups excluding tert-OH is 1. The molecule has 2 atom stereocenters. The first-order chi connectivity index (χ1) is 6.98. The van der Waals surface area contributed by atoms with Gasteiger partial charge in [0.05, 0.1) is 6.10 Å². The molecule has 0 aromatic carbocycles. The molecule has 1 rings (SSSR count). The molecule has 2 unspecified atom stereocenters. The Morgan fingerprint density at radius 3 is 2.67 bits per heavy atom. The molecule has 1 aliphatic carbocycles. The van der Waals surface area contributed by atoms with Crippen molar-refractivity contribution >= 4 is 17.5 Å². The molecular weight excluding hydrogens is 214 g/mol. The maximum absolute atomic E-state index is 11.5. The monoisotopic (exact) mass is 233 g/mol. The third-order valence-electron chi connectivity index (χ3n) is 3.34. The number of rotatable bonds is 5. The summed E-state index contributed by atoms with van der Waals surface area (Å²) in [6, 6.07) is 0.121. The lowest BCUT2D eigenvalue weighted by Crippen LogP contribution is -2.61. The van der Waals surface area contributed by atoms with Gasteiger partial charge in [-0.1, -0.05) is 13.8 Å². The van der Waals surface area contributed by atoms with E-state index >= 15 is 0 Å². The minimum atomic E-state index is -0.286. The zero-order chi connectivity index (χ0) is 11.5. The quantitative estimate of drug-likeness (QED) is 0.561. The standard InChI is InChI=1S/C11H20ClNO2/c1-11(2)8(7-9(11)14)13-10(15)5-3-4-6-12/h8-9,14H,3-7H2,1-2H3,(H,13,15). The highest BCUT2D eigenvalue weighted by atomic mass is 35.5. The third-order valence-corrected chi connectivity index (χ3v) is 3.61. The Labute approximate surface area is 96.2 Å². The number of hydrogen-bond acceptors (Lipinski definition) is 2. The van der Waals surface area contributed by atoms with Crippen LogP contribution in [0.1, 0.15) is 39.5 Å². The molecule has 0 bridgehead atoms. The molecule has 1 amide bonds. The van der Waals surface area contributed by atoms with Crippen LogP contribution >= 0.6 is 11.6 Å². The average Bonchev–Trinajstić information content (AvgIpc) is 2.18. The number of aliphatic hydroxyl groups is 1. The number of alkyl halides is 1. The van der Waals surface area contributed by atoms with E-state index in [1.807, 2.05) is 13.8 Å². The topological polar surface area (TPSA) is 49.3 Å². The van der Waals surface area contributed by atoms with E-state index in [1.54, 1.807) is 0 Å². The van der Waals surface area contributed by atoms with Crippen molar-refractivity contribution in [1.29, 1.82) is 0 Å². The van der Waals surface area contributed by atoms with Gasteiger partial charge < -0.3 is 10.4 Å². The van der Waals surface area contributed by atoms with Crippen LogP contribution in [0.15, 0.2) is 0 Å². The van der Waals surface area contributed by atoms with Crippen LogP contribution in [-0.4, -0.2) is 29.0 Å². The second-order valence-electron chi connectivity index (χ2n) is 4.84. The van der Waals surface area contributed by atoms with Crippen molar-refractivity contribution in [3.63, 3.8) is 0 Å². The molecule has 0 radical (unpaired) electrons. The van der Waals surface area contributed by atoms with Crippen LogP contribution in [0.25, 0.3) is 0 Å². The van der Waals surface area contributed by atoms with Gasteiger partial charge in [-0.2, -0.15) is 0 Å². The zero-order valence-corrected chi connectivity index (χ0v) is 10.2. The Morgan fingerprint density at radius 1 is 1.53 bits per heavy atom. The summed E-state index contributed by atoms with van der Waals surface area (Å²) in [5.41, 5.74) is -0.178. The average molecular weight is 234 g/mol. The molecule has 1 fully saturated rings. The molecule has 0 heterocycles. The third kappa shape index (κ3) is 3.08. The van der Waals surface area contributed by atoms with Crippen LogP contribution in [0, 0.1) is 5.41 Å². The van der Waals surface area contributed by atoms with E-state index in [2.05, 4.69) is 5.32 Å². The zero-order valence-electron chi connectivity index (χ0n) is 9.42. The Morgan fingerprint density at radius 2 is 2.20 bits per heavy atom. The fraction of sp³-hybridized carbons (Fsp3) is 0.909. The predicted octanol–water partition coefficient (Wildman–Crippen LogP) is 1.67. The first kappa shape index (κ1) is 12.8. The van der Waals surface area contributed by atoms with Crippen LogP contribution in [0.5, 0.6) is 0 Å². The van der Waals surface area contributed by atoms with Crippen LogP contribution in [0.4, 0.5) is 0 Å². The fourth-order valence-electron chi connectivity index (χ4n) is 1.79. The van der Waals surface area contributed by atoms with Crippen LogP contribution in [0.3, 0.4) is 0 Å².